The number of benzene rings is 1. The third-order valence-electron chi connectivity index (χ3n) is 3.65. The maximum atomic E-state index is 12.0. The second-order valence-corrected chi connectivity index (χ2v) is 5.56. The smallest absolute Gasteiger partial charge is 0.244 e. The van der Waals surface area contributed by atoms with E-state index in [1.54, 1.807) is 0 Å². The van der Waals surface area contributed by atoms with Crippen molar-refractivity contribution in [2.24, 2.45) is 5.73 Å². The highest BCUT2D eigenvalue weighted by atomic mass is 16.2. The van der Waals surface area contributed by atoms with E-state index in [0.29, 0.717) is 12.5 Å². The summed E-state index contributed by atoms with van der Waals surface area (Å²) >= 11 is 0. The van der Waals surface area contributed by atoms with Gasteiger partial charge in [0.05, 0.1) is 0 Å². The van der Waals surface area contributed by atoms with Crippen molar-refractivity contribution in [1.29, 1.82) is 0 Å². The van der Waals surface area contributed by atoms with Crippen molar-refractivity contribution in [3.8, 4) is 0 Å². The van der Waals surface area contributed by atoms with Gasteiger partial charge in [-0.15, -0.1) is 0 Å². The molecular formula is C15H23N3O. The van der Waals surface area contributed by atoms with Crippen molar-refractivity contribution >= 4 is 11.6 Å². The fraction of sp³-hybridized carbons (Fsp3) is 0.533. The lowest BCUT2D eigenvalue weighted by Gasteiger charge is -2.39. The van der Waals surface area contributed by atoms with E-state index in [0.717, 1.165) is 12.2 Å². The molecule has 4 heteroatoms. The zero-order valence-corrected chi connectivity index (χ0v) is 11.9. The van der Waals surface area contributed by atoms with Crippen LogP contribution in [0.2, 0.25) is 0 Å². The van der Waals surface area contributed by atoms with Crippen molar-refractivity contribution in [3.05, 3.63) is 29.8 Å². The van der Waals surface area contributed by atoms with E-state index in [1.165, 1.54) is 5.56 Å². The molecule has 0 spiro atoms. The summed E-state index contributed by atoms with van der Waals surface area (Å²) in [5.41, 5.74) is 8.12. The molecule has 1 heterocycles. The molecule has 0 bridgehead atoms. The molecule has 0 aromatic heterocycles. The minimum Gasteiger partial charge on any atom is -0.356 e. The normalized spacial score (nSPS) is 23.6. The SMILES string of the molecule is CC1CN(c2ccc(C(C)C)cc2)C(CN)C(=O)N1. The molecule has 104 valence electrons. The van der Waals surface area contributed by atoms with Crippen molar-refractivity contribution in [2.75, 3.05) is 18.0 Å². The summed E-state index contributed by atoms with van der Waals surface area (Å²) in [6, 6.07) is 8.32. The van der Waals surface area contributed by atoms with Gasteiger partial charge in [0.25, 0.3) is 0 Å². The molecule has 1 aromatic rings. The van der Waals surface area contributed by atoms with Crippen LogP contribution >= 0.6 is 0 Å². The molecule has 4 nitrogen and oxygen atoms in total. The average molecular weight is 261 g/mol. The molecule has 0 saturated carbocycles. The number of rotatable bonds is 3. The summed E-state index contributed by atoms with van der Waals surface area (Å²) in [5.74, 6) is 0.539. The van der Waals surface area contributed by atoms with Gasteiger partial charge in [-0.3, -0.25) is 4.79 Å². The summed E-state index contributed by atoms with van der Waals surface area (Å²) < 4.78 is 0. The van der Waals surface area contributed by atoms with E-state index in [9.17, 15) is 4.79 Å². The van der Waals surface area contributed by atoms with Gasteiger partial charge in [-0.1, -0.05) is 26.0 Å². The van der Waals surface area contributed by atoms with Gasteiger partial charge in [0.2, 0.25) is 5.91 Å². The van der Waals surface area contributed by atoms with Crippen molar-refractivity contribution in [3.63, 3.8) is 0 Å². The topological polar surface area (TPSA) is 58.4 Å². The van der Waals surface area contributed by atoms with Gasteiger partial charge in [-0.2, -0.15) is 0 Å². The summed E-state index contributed by atoms with van der Waals surface area (Å²) in [4.78, 5) is 14.1. The Morgan fingerprint density at radius 2 is 2.00 bits per heavy atom. The first kappa shape index (κ1) is 13.9. The Kier molecular flexibility index (Phi) is 4.10. The minimum absolute atomic E-state index is 0.0224. The fourth-order valence-corrected chi connectivity index (χ4v) is 2.52. The number of carbonyl (C=O) groups is 1. The molecule has 3 N–H and O–H groups in total. The highest BCUT2D eigenvalue weighted by molar-refractivity contribution is 5.87. The standard InChI is InChI=1S/C15H23N3O/c1-10(2)12-4-6-13(7-5-12)18-9-11(3)17-15(19)14(18)8-16/h4-7,10-11,14H,8-9,16H2,1-3H3,(H,17,19). The Morgan fingerprint density at radius 1 is 1.37 bits per heavy atom. The zero-order valence-electron chi connectivity index (χ0n) is 11.9. The van der Waals surface area contributed by atoms with Gasteiger partial charge in [0, 0.05) is 24.8 Å². The Morgan fingerprint density at radius 3 is 2.53 bits per heavy atom. The number of piperazine rings is 1. The molecule has 1 fully saturated rings. The molecule has 1 aromatic carbocycles. The largest absolute Gasteiger partial charge is 0.356 e. The quantitative estimate of drug-likeness (QED) is 0.866. The molecule has 19 heavy (non-hydrogen) atoms. The lowest BCUT2D eigenvalue weighted by molar-refractivity contribution is -0.123. The predicted molar refractivity (Wildman–Crippen MR) is 78.3 cm³/mol. The Bertz CT molecular complexity index is 441. The average Bonchev–Trinajstić information content (AvgIpc) is 2.38. The molecule has 1 aliphatic heterocycles. The van der Waals surface area contributed by atoms with Gasteiger partial charge < -0.3 is 16.0 Å². The number of nitrogens with zero attached hydrogens (tertiary/aromatic N) is 1. The Hall–Kier alpha value is -1.55. The Balaban J connectivity index is 2.24. The van der Waals surface area contributed by atoms with Crippen LogP contribution in [0.4, 0.5) is 5.69 Å². The lowest BCUT2D eigenvalue weighted by Crippen LogP contribution is -2.61. The maximum Gasteiger partial charge on any atom is 0.244 e. The lowest BCUT2D eigenvalue weighted by atomic mass is 10.0. The van der Waals surface area contributed by atoms with Gasteiger partial charge in [-0.25, -0.2) is 0 Å². The van der Waals surface area contributed by atoms with Crippen LogP contribution in [0.5, 0.6) is 0 Å². The van der Waals surface area contributed by atoms with Gasteiger partial charge in [0.1, 0.15) is 6.04 Å². The first-order chi connectivity index (χ1) is 9.02. The highest BCUT2D eigenvalue weighted by Gasteiger charge is 2.31. The number of nitrogens with one attached hydrogen (secondary N) is 1. The maximum absolute atomic E-state index is 12.0. The van der Waals surface area contributed by atoms with Crippen molar-refractivity contribution in [1.82, 2.24) is 5.32 Å². The van der Waals surface area contributed by atoms with E-state index >= 15 is 0 Å². The van der Waals surface area contributed by atoms with Crippen LogP contribution in [0, 0.1) is 0 Å². The molecular weight excluding hydrogens is 238 g/mol. The number of nitrogens with two attached hydrogens (primary N) is 1. The van der Waals surface area contributed by atoms with E-state index < -0.39 is 0 Å². The summed E-state index contributed by atoms with van der Waals surface area (Å²) in [5, 5.41) is 2.95. The number of carbonyl (C=O) groups excluding carboxylic acids is 1. The molecule has 1 amide bonds. The van der Waals surface area contributed by atoms with Crippen LogP contribution in [-0.2, 0) is 4.79 Å². The van der Waals surface area contributed by atoms with Crippen LogP contribution in [0.15, 0.2) is 24.3 Å². The third kappa shape index (κ3) is 2.89. The number of anilines is 1. The zero-order chi connectivity index (χ0) is 14.0. The third-order valence-corrected chi connectivity index (χ3v) is 3.65. The summed E-state index contributed by atoms with van der Waals surface area (Å²) in [6.45, 7) is 7.50. The van der Waals surface area contributed by atoms with Gasteiger partial charge >= 0.3 is 0 Å². The molecule has 1 aliphatic rings. The van der Waals surface area contributed by atoms with Crippen LogP contribution in [-0.4, -0.2) is 31.1 Å². The van der Waals surface area contributed by atoms with Crippen LogP contribution in [0.1, 0.15) is 32.3 Å². The monoisotopic (exact) mass is 261 g/mol. The summed E-state index contributed by atoms with van der Waals surface area (Å²) in [7, 11) is 0. The molecule has 2 unspecified atom stereocenters. The Labute approximate surface area is 115 Å². The first-order valence-electron chi connectivity index (χ1n) is 6.90. The second kappa shape index (κ2) is 5.61. The van der Waals surface area contributed by atoms with Gasteiger partial charge in [-0.05, 0) is 30.5 Å². The molecule has 0 aliphatic carbocycles. The van der Waals surface area contributed by atoms with Crippen molar-refractivity contribution < 1.29 is 4.79 Å². The van der Waals surface area contributed by atoms with E-state index in [1.807, 2.05) is 6.92 Å². The molecule has 1 saturated heterocycles. The summed E-state index contributed by atoms with van der Waals surface area (Å²) in [6.07, 6.45) is 0. The van der Waals surface area contributed by atoms with E-state index in [2.05, 4.69) is 48.3 Å². The molecule has 0 radical (unpaired) electrons. The van der Waals surface area contributed by atoms with Crippen molar-refractivity contribution in [2.45, 2.75) is 38.8 Å². The number of hydrogen-bond donors (Lipinski definition) is 2. The highest BCUT2D eigenvalue weighted by Crippen LogP contribution is 2.23. The molecule has 2 rings (SSSR count). The number of amides is 1. The predicted octanol–water partition coefficient (Wildman–Crippen LogP) is 1.46. The van der Waals surface area contributed by atoms with E-state index in [-0.39, 0.29) is 18.0 Å². The number of hydrogen-bond acceptors (Lipinski definition) is 3. The second-order valence-electron chi connectivity index (χ2n) is 5.56. The fourth-order valence-electron chi connectivity index (χ4n) is 2.52. The first-order valence-corrected chi connectivity index (χ1v) is 6.90. The van der Waals surface area contributed by atoms with Crippen LogP contribution < -0.4 is 16.0 Å². The van der Waals surface area contributed by atoms with E-state index in [4.69, 9.17) is 5.73 Å². The van der Waals surface area contributed by atoms with Crippen LogP contribution in [0.3, 0.4) is 0 Å². The molecule has 2 atom stereocenters. The minimum atomic E-state index is -0.263. The van der Waals surface area contributed by atoms with Crippen LogP contribution in [0.25, 0.3) is 0 Å². The van der Waals surface area contributed by atoms with Gasteiger partial charge in [0.15, 0.2) is 0 Å².